The molecule has 3 atom stereocenters. The zero-order valence-electron chi connectivity index (χ0n) is 12.4. The van der Waals surface area contributed by atoms with E-state index in [4.69, 9.17) is 0 Å². The van der Waals surface area contributed by atoms with Crippen molar-refractivity contribution in [3.8, 4) is 0 Å². The fourth-order valence-electron chi connectivity index (χ4n) is 3.22. The molecule has 3 heterocycles. The normalized spacial score (nSPS) is 29.5. The number of nitrogens with zero attached hydrogens (tertiary/aromatic N) is 3. The number of nitrogens with one attached hydrogen (secondary N) is 2. The van der Waals surface area contributed by atoms with Gasteiger partial charge in [-0.15, -0.1) is 0 Å². The van der Waals surface area contributed by atoms with Gasteiger partial charge in [0.2, 0.25) is 11.8 Å². The SMILES string of the molecule is CC1C(=O)NCCN1C(=O)[C@H]1CNC[C@@H]1c1cnn(C)c1. The molecule has 1 aromatic heterocycles. The predicted molar refractivity (Wildman–Crippen MR) is 76.5 cm³/mol. The molecule has 2 N–H and O–H groups in total. The van der Waals surface area contributed by atoms with Crippen molar-refractivity contribution in [1.82, 2.24) is 25.3 Å². The summed E-state index contributed by atoms with van der Waals surface area (Å²) in [4.78, 5) is 26.3. The Bertz CT molecular complexity index is 555. The minimum atomic E-state index is -0.388. The third-order valence-corrected chi connectivity index (χ3v) is 4.47. The highest BCUT2D eigenvalue weighted by Crippen LogP contribution is 2.30. The van der Waals surface area contributed by atoms with Gasteiger partial charge in [-0.3, -0.25) is 14.3 Å². The van der Waals surface area contributed by atoms with E-state index in [9.17, 15) is 9.59 Å². The van der Waals surface area contributed by atoms with E-state index in [0.29, 0.717) is 19.6 Å². The van der Waals surface area contributed by atoms with Crippen LogP contribution in [0.2, 0.25) is 0 Å². The van der Waals surface area contributed by atoms with Crippen molar-refractivity contribution in [2.24, 2.45) is 13.0 Å². The fourth-order valence-corrected chi connectivity index (χ4v) is 3.22. The van der Waals surface area contributed by atoms with E-state index in [2.05, 4.69) is 15.7 Å². The summed E-state index contributed by atoms with van der Waals surface area (Å²) in [6.45, 7) is 4.34. The average Bonchev–Trinajstić information content (AvgIpc) is 3.09. The molecule has 2 amide bonds. The third-order valence-electron chi connectivity index (χ3n) is 4.47. The smallest absolute Gasteiger partial charge is 0.242 e. The molecular weight excluding hydrogens is 270 g/mol. The Hall–Kier alpha value is -1.89. The molecule has 21 heavy (non-hydrogen) atoms. The first-order valence-electron chi connectivity index (χ1n) is 7.35. The van der Waals surface area contributed by atoms with Crippen LogP contribution in [0.15, 0.2) is 12.4 Å². The largest absolute Gasteiger partial charge is 0.353 e. The molecule has 0 aliphatic carbocycles. The van der Waals surface area contributed by atoms with Crippen molar-refractivity contribution < 1.29 is 9.59 Å². The molecule has 2 fully saturated rings. The Labute approximate surface area is 123 Å². The van der Waals surface area contributed by atoms with Crippen molar-refractivity contribution in [1.29, 1.82) is 0 Å². The van der Waals surface area contributed by atoms with E-state index >= 15 is 0 Å². The van der Waals surface area contributed by atoms with Gasteiger partial charge in [0.25, 0.3) is 0 Å². The van der Waals surface area contributed by atoms with Gasteiger partial charge in [-0.05, 0) is 12.5 Å². The topological polar surface area (TPSA) is 79.3 Å². The molecule has 7 nitrogen and oxygen atoms in total. The van der Waals surface area contributed by atoms with Crippen LogP contribution in [0.1, 0.15) is 18.4 Å². The van der Waals surface area contributed by atoms with Gasteiger partial charge in [0.1, 0.15) is 6.04 Å². The number of amides is 2. The van der Waals surface area contributed by atoms with E-state index in [1.54, 1.807) is 16.5 Å². The molecule has 0 spiro atoms. The maximum absolute atomic E-state index is 12.8. The average molecular weight is 291 g/mol. The highest BCUT2D eigenvalue weighted by molar-refractivity contribution is 5.90. The first-order valence-corrected chi connectivity index (χ1v) is 7.35. The van der Waals surface area contributed by atoms with Crippen molar-refractivity contribution in [2.45, 2.75) is 18.9 Å². The Morgan fingerprint density at radius 1 is 1.43 bits per heavy atom. The van der Waals surface area contributed by atoms with E-state index in [0.717, 1.165) is 12.1 Å². The predicted octanol–water partition coefficient (Wildman–Crippen LogP) is -0.930. The lowest BCUT2D eigenvalue weighted by atomic mass is 9.89. The maximum atomic E-state index is 12.8. The molecule has 0 aromatic carbocycles. The van der Waals surface area contributed by atoms with Gasteiger partial charge in [-0.2, -0.15) is 5.10 Å². The lowest BCUT2D eigenvalue weighted by Crippen LogP contribution is -2.57. The molecule has 0 bridgehead atoms. The van der Waals surface area contributed by atoms with Crippen LogP contribution >= 0.6 is 0 Å². The molecule has 2 aliphatic rings. The monoisotopic (exact) mass is 291 g/mol. The number of rotatable bonds is 2. The van der Waals surface area contributed by atoms with Crippen LogP contribution in [0.25, 0.3) is 0 Å². The van der Waals surface area contributed by atoms with E-state index in [1.165, 1.54) is 0 Å². The Kier molecular flexibility index (Phi) is 3.67. The lowest BCUT2D eigenvalue weighted by Gasteiger charge is -2.35. The van der Waals surface area contributed by atoms with Crippen molar-refractivity contribution in [3.63, 3.8) is 0 Å². The second-order valence-electron chi connectivity index (χ2n) is 5.82. The van der Waals surface area contributed by atoms with E-state index in [-0.39, 0.29) is 29.7 Å². The minimum absolute atomic E-state index is 0.0659. The van der Waals surface area contributed by atoms with Crippen LogP contribution < -0.4 is 10.6 Å². The number of carbonyl (C=O) groups excluding carboxylic acids is 2. The number of aromatic nitrogens is 2. The molecule has 0 saturated carbocycles. The maximum Gasteiger partial charge on any atom is 0.242 e. The highest BCUT2D eigenvalue weighted by atomic mass is 16.2. The molecular formula is C14H21N5O2. The van der Waals surface area contributed by atoms with Crippen LogP contribution in [-0.2, 0) is 16.6 Å². The number of hydrogen-bond acceptors (Lipinski definition) is 4. The minimum Gasteiger partial charge on any atom is -0.353 e. The molecule has 3 rings (SSSR count). The first-order chi connectivity index (χ1) is 10.1. The van der Waals surface area contributed by atoms with Gasteiger partial charge in [0.15, 0.2) is 0 Å². The Balaban J connectivity index is 1.78. The summed E-state index contributed by atoms with van der Waals surface area (Å²) >= 11 is 0. The number of carbonyl (C=O) groups is 2. The fraction of sp³-hybridized carbons (Fsp3) is 0.643. The van der Waals surface area contributed by atoms with Crippen LogP contribution in [0.4, 0.5) is 0 Å². The van der Waals surface area contributed by atoms with Gasteiger partial charge in [0.05, 0.1) is 12.1 Å². The second-order valence-corrected chi connectivity index (χ2v) is 5.82. The number of aryl methyl sites for hydroxylation is 1. The van der Waals surface area contributed by atoms with Crippen LogP contribution in [-0.4, -0.2) is 58.7 Å². The van der Waals surface area contributed by atoms with Gasteiger partial charge < -0.3 is 15.5 Å². The summed E-state index contributed by atoms with van der Waals surface area (Å²) in [7, 11) is 1.87. The summed E-state index contributed by atoms with van der Waals surface area (Å²) in [6, 6.07) is -0.388. The third kappa shape index (κ3) is 2.53. The van der Waals surface area contributed by atoms with Crippen molar-refractivity contribution >= 4 is 11.8 Å². The van der Waals surface area contributed by atoms with E-state index in [1.807, 2.05) is 19.4 Å². The quantitative estimate of drug-likeness (QED) is 0.738. The molecule has 2 aliphatic heterocycles. The summed E-state index contributed by atoms with van der Waals surface area (Å²) in [5, 5.41) is 10.3. The Morgan fingerprint density at radius 2 is 2.24 bits per heavy atom. The molecule has 7 heteroatoms. The molecule has 2 saturated heterocycles. The number of piperazine rings is 1. The first kappa shape index (κ1) is 14.1. The summed E-state index contributed by atoms with van der Waals surface area (Å²) in [6.07, 6.45) is 3.79. The summed E-state index contributed by atoms with van der Waals surface area (Å²) in [5.41, 5.74) is 1.08. The Morgan fingerprint density at radius 3 is 2.95 bits per heavy atom. The highest BCUT2D eigenvalue weighted by Gasteiger charge is 2.40. The zero-order chi connectivity index (χ0) is 15.0. The van der Waals surface area contributed by atoms with Crippen molar-refractivity contribution in [3.05, 3.63) is 18.0 Å². The van der Waals surface area contributed by atoms with E-state index < -0.39 is 0 Å². The second kappa shape index (κ2) is 5.48. The van der Waals surface area contributed by atoms with Crippen LogP contribution in [0.3, 0.4) is 0 Å². The molecule has 1 aromatic rings. The molecule has 0 radical (unpaired) electrons. The standard InChI is InChI=1S/C14H21N5O2/c1-9-13(20)16-3-4-19(9)14(21)12-7-15-6-11(12)10-5-17-18(2)8-10/h5,8-9,11-12,15H,3-4,6-7H2,1-2H3,(H,16,20)/t9?,11-,12+/m1/s1. The van der Waals surface area contributed by atoms with Gasteiger partial charge in [-0.1, -0.05) is 0 Å². The van der Waals surface area contributed by atoms with Crippen LogP contribution in [0.5, 0.6) is 0 Å². The number of hydrogen-bond donors (Lipinski definition) is 2. The lowest BCUT2D eigenvalue weighted by molar-refractivity contribution is -0.145. The molecule has 1 unspecified atom stereocenters. The van der Waals surface area contributed by atoms with Crippen molar-refractivity contribution in [2.75, 3.05) is 26.2 Å². The van der Waals surface area contributed by atoms with Gasteiger partial charge >= 0.3 is 0 Å². The van der Waals surface area contributed by atoms with Gasteiger partial charge in [0, 0.05) is 45.3 Å². The van der Waals surface area contributed by atoms with Gasteiger partial charge in [-0.25, -0.2) is 0 Å². The summed E-state index contributed by atoms with van der Waals surface area (Å²) in [5.74, 6) is 0.000578. The molecule has 114 valence electrons. The van der Waals surface area contributed by atoms with Crippen LogP contribution in [0, 0.1) is 5.92 Å². The summed E-state index contributed by atoms with van der Waals surface area (Å²) < 4.78 is 1.76. The zero-order valence-corrected chi connectivity index (χ0v) is 12.4.